The Bertz CT molecular complexity index is 179. The first kappa shape index (κ1) is 11.6. The molecule has 1 unspecified atom stereocenters. The molecule has 0 aromatic carbocycles. The predicted octanol–water partition coefficient (Wildman–Crippen LogP) is 1.80. The number of hydrogen-bond donors (Lipinski definition) is 1. The van der Waals surface area contributed by atoms with Gasteiger partial charge in [-0.1, -0.05) is 0 Å². The molecule has 0 saturated carbocycles. The summed E-state index contributed by atoms with van der Waals surface area (Å²) in [6.45, 7) is 5.18. The lowest BCUT2D eigenvalue weighted by atomic mass is 9.93. The van der Waals surface area contributed by atoms with Gasteiger partial charge in [0.15, 0.2) is 0 Å². The molecule has 1 rings (SSSR count). The first-order chi connectivity index (χ1) is 6.84. The summed E-state index contributed by atoms with van der Waals surface area (Å²) in [5.41, 5.74) is 0. The van der Waals surface area contributed by atoms with Crippen molar-refractivity contribution in [3.8, 4) is 12.3 Å². The van der Waals surface area contributed by atoms with Gasteiger partial charge in [-0.3, -0.25) is 0 Å². The topological polar surface area (TPSA) is 21.3 Å². The van der Waals surface area contributed by atoms with E-state index in [-0.39, 0.29) is 0 Å². The van der Waals surface area contributed by atoms with Crippen LogP contribution in [0.1, 0.15) is 32.6 Å². The minimum Gasteiger partial charge on any atom is -0.381 e. The van der Waals surface area contributed by atoms with Crippen molar-refractivity contribution in [1.29, 1.82) is 0 Å². The maximum atomic E-state index is 5.34. The number of nitrogens with one attached hydrogen (secondary N) is 1. The molecule has 0 amide bonds. The highest BCUT2D eigenvalue weighted by atomic mass is 16.5. The minimum absolute atomic E-state index is 0.608. The van der Waals surface area contributed by atoms with Crippen LogP contribution in [0.2, 0.25) is 0 Å². The van der Waals surface area contributed by atoms with Gasteiger partial charge in [-0.15, -0.1) is 12.3 Å². The van der Waals surface area contributed by atoms with Crippen molar-refractivity contribution in [3.05, 3.63) is 0 Å². The van der Waals surface area contributed by atoms with Crippen LogP contribution < -0.4 is 5.32 Å². The van der Waals surface area contributed by atoms with Crippen molar-refractivity contribution in [2.24, 2.45) is 5.92 Å². The molecule has 1 aliphatic heterocycles. The predicted molar refractivity (Wildman–Crippen MR) is 59.1 cm³/mol. The second-order valence-electron chi connectivity index (χ2n) is 4.00. The van der Waals surface area contributed by atoms with E-state index in [0.29, 0.717) is 6.04 Å². The molecule has 0 spiro atoms. The summed E-state index contributed by atoms with van der Waals surface area (Å²) < 4.78 is 5.34. The first-order valence-electron chi connectivity index (χ1n) is 5.59. The summed E-state index contributed by atoms with van der Waals surface area (Å²) >= 11 is 0. The highest BCUT2D eigenvalue weighted by Gasteiger charge is 2.19. The zero-order chi connectivity index (χ0) is 10.2. The molecule has 14 heavy (non-hydrogen) atoms. The standard InChI is InChI=1S/C12H21NO/c1-3-4-5-8-13-11(2)12-6-9-14-10-7-12/h1,11-13H,4-10H2,2H3. The van der Waals surface area contributed by atoms with Gasteiger partial charge in [-0.05, 0) is 38.6 Å². The van der Waals surface area contributed by atoms with Crippen LogP contribution in [0, 0.1) is 18.3 Å². The molecule has 1 atom stereocenters. The van der Waals surface area contributed by atoms with Crippen molar-refractivity contribution in [2.75, 3.05) is 19.8 Å². The molecule has 0 aromatic rings. The van der Waals surface area contributed by atoms with Crippen LogP contribution in [0.3, 0.4) is 0 Å². The second-order valence-corrected chi connectivity index (χ2v) is 4.00. The maximum absolute atomic E-state index is 5.34. The molecule has 1 heterocycles. The second kappa shape index (κ2) is 6.86. The van der Waals surface area contributed by atoms with Crippen molar-refractivity contribution < 1.29 is 4.74 Å². The molecular weight excluding hydrogens is 174 g/mol. The maximum Gasteiger partial charge on any atom is 0.0469 e. The monoisotopic (exact) mass is 195 g/mol. The minimum atomic E-state index is 0.608. The summed E-state index contributed by atoms with van der Waals surface area (Å²) in [5, 5.41) is 3.54. The van der Waals surface area contributed by atoms with Gasteiger partial charge in [0, 0.05) is 25.7 Å². The fourth-order valence-corrected chi connectivity index (χ4v) is 1.90. The van der Waals surface area contributed by atoms with Crippen LogP contribution in [0.25, 0.3) is 0 Å². The van der Waals surface area contributed by atoms with Crippen LogP contribution in [-0.4, -0.2) is 25.8 Å². The lowest BCUT2D eigenvalue weighted by molar-refractivity contribution is 0.0560. The van der Waals surface area contributed by atoms with E-state index in [1.807, 2.05) is 0 Å². The Hall–Kier alpha value is -0.520. The normalized spacial score (nSPS) is 20.3. The summed E-state index contributed by atoms with van der Waals surface area (Å²) in [6.07, 6.45) is 9.56. The number of rotatable bonds is 5. The zero-order valence-electron chi connectivity index (χ0n) is 9.09. The molecule has 80 valence electrons. The molecule has 0 aliphatic carbocycles. The third-order valence-corrected chi connectivity index (χ3v) is 2.94. The van der Waals surface area contributed by atoms with Gasteiger partial charge in [0.2, 0.25) is 0 Å². The van der Waals surface area contributed by atoms with Gasteiger partial charge in [0.1, 0.15) is 0 Å². The largest absolute Gasteiger partial charge is 0.381 e. The summed E-state index contributed by atoms with van der Waals surface area (Å²) in [7, 11) is 0. The van der Waals surface area contributed by atoms with Crippen molar-refractivity contribution in [1.82, 2.24) is 5.32 Å². The molecule has 0 aromatic heterocycles. The molecule has 1 aliphatic rings. The van der Waals surface area contributed by atoms with Gasteiger partial charge < -0.3 is 10.1 Å². The summed E-state index contributed by atoms with van der Waals surface area (Å²) in [5.74, 6) is 3.45. The zero-order valence-corrected chi connectivity index (χ0v) is 9.09. The highest BCUT2D eigenvalue weighted by molar-refractivity contribution is 4.83. The van der Waals surface area contributed by atoms with Crippen molar-refractivity contribution >= 4 is 0 Å². The SMILES string of the molecule is C#CCCCNC(C)C1CCOCC1. The van der Waals surface area contributed by atoms with Crippen LogP contribution in [0.4, 0.5) is 0 Å². The Kier molecular flexibility index (Phi) is 5.66. The lowest BCUT2D eigenvalue weighted by Gasteiger charge is -2.28. The van der Waals surface area contributed by atoms with E-state index in [1.54, 1.807) is 0 Å². The summed E-state index contributed by atoms with van der Waals surface area (Å²) in [6, 6.07) is 0.608. The van der Waals surface area contributed by atoms with Gasteiger partial charge >= 0.3 is 0 Å². The first-order valence-corrected chi connectivity index (χ1v) is 5.59. The quantitative estimate of drug-likeness (QED) is 0.533. The fourth-order valence-electron chi connectivity index (χ4n) is 1.90. The Balaban J connectivity index is 2.07. The molecular formula is C12H21NO. The smallest absolute Gasteiger partial charge is 0.0469 e. The Morgan fingerprint density at radius 3 is 2.86 bits per heavy atom. The molecule has 0 radical (unpaired) electrons. The van der Waals surface area contributed by atoms with E-state index in [0.717, 1.165) is 38.5 Å². The molecule has 2 heteroatoms. The van der Waals surface area contributed by atoms with Crippen LogP contribution in [0.15, 0.2) is 0 Å². The van der Waals surface area contributed by atoms with E-state index in [2.05, 4.69) is 18.2 Å². The third kappa shape index (κ3) is 4.13. The van der Waals surface area contributed by atoms with E-state index >= 15 is 0 Å². The van der Waals surface area contributed by atoms with Gasteiger partial charge in [-0.2, -0.15) is 0 Å². The Labute approximate surface area is 87.4 Å². The molecule has 1 saturated heterocycles. The van der Waals surface area contributed by atoms with E-state index in [9.17, 15) is 0 Å². The van der Waals surface area contributed by atoms with E-state index in [4.69, 9.17) is 11.2 Å². The molecule has 1 N–H and O–H groups in total. The fraction of sp³-hybridized carbons (Fsp3) is 0.833. The number of hydrogen-bond acceptors (Lipinski definition) is 2. The molecule has 1 fully saturated rings. The van der Waals surface area contributed by atoms with Crippen LogP contribution in [0.5, 0.6) is 0 Å². The Morgan fingerprint density at radius 1 is 1.50 bits per heavy atom. The molecule has 2 nitrogen and oxygen atoms in total. The van der Waals surface area contributed by atoms with Gasteiger partial charge in [-0.25, -0.2) is 0 Å². The number of terminal acetylenes is 1. The Morgan fingerprint density at radius 2 is 2.21 bits per heavy atom. The van der Waals surface area contributed by atoms with Gasteiger partial charge in [0.25, 0.3) is 0 Å². The van der Waals surface area contributed by atoms with Crippen molar-refractivity contribution in [2.45, 2.75) is 38.6 Å². The number of unbranched alkanes of at least 4 members (excludes halogenated alkanes) is 1. The van der Waals surface area contributed by atoms with Crippen LogP contribution in [-0.2, 0) is 4.74 Å². The highest BCUT2D eigenvalue weighted by Crippen LogP contribution is 2.18. The summed E-state index contributed by atoms with van der Waals surface area (Å²) in [4.78, 5) is 0. The van der Waals surface area contributed by atoms with Crippen molar-refractivity contribution in [3.63, 3.8) is 0 Å². The third-order valence-electron chi connectivity index (χ3n) is 2.94. The number of ether oxygens (including phenoxy) is 1. The van der Waals surface area contributed by atoms with Crippen LogP contribution >= 0.6 is 0 Å². The van der Waals surface area contributed by atoms with E-state index in [1.165, 1.54) is 12.8 Å². The molecule has 0 bridgehead atoms. The average molecular weight is 195 g/mol. The van der Waals surface area contributed by atoms with Gasteiger partial charge in [0.05, 0.1) is 0 Å². The lowest BCUT2D eigenvalue weighted by Crippen LogP contribution is -2.37. The van der Waals surface area contributed by atoms with E-state index < -0.39 is 0 Å². The average Bonchev–Trinajstić information content (AvgIpc) is 2.25.